The van der Waals surface area contributed by atoms with Crippen LogP contribution in [0.3, 0.4) is 0 Å². The Morgan fingerprint density at radius 1 is 1.35 bits per heavy atom. The molecule has 0 spiro atoms. The van der Waals surface area contributed by atoms with E-state index in [0.29, 0.717) is 0 Å². The second-order valence-corrected chi connectivity index (χ2v) is 5.46. The van der Waals surface area contributed by atoms with Gasteiger partial charge in [0.25, 0.3) is 0 Å². The van der Waals surface area contributed by atoms with Gasteiger partial charge in [-0.25, -0.2) is 4.98 Å². The number of carbonyl (C=O) groups is 1. The highest BCUT2D eigenvalue weighted by Gasteiger charge is 2.26. The molecule has 0 bridgehead atoms. The van der Waals surface area contributed by atoms with Crippen LogP contribution in [0.15, 0.2) is 24.5 Å². The molecule has 0 unspecified atom stereocenters. The third-order valence-electron chi connectivity index (χ3n) is 3.43. The first-order valence-corrected chi connectivity index (χ1v) is 6.67. The summed E-state index contributed by atoms with van der Waals surface area (Å²) in [5, 5.41) is 0. The van der Waals surface area contributed by atoms with Crippen molar-refractivity contribution < 1.29 is 9.53 Å². The van der Waals surface area contributed by atoms with Gasteiger partial charge in [-0.15, -0.1) is 0 Å². The zero-order valence-corrected chi connectivity index (χ0v) is 12.6. The molecule has 1 atom stereocenters. The Kier molecular flexibility index (Phi) is 4.09. The fraction of sp³-hybridized carbons (Fsp3) is 0.467. The first-order chi connectivity index (χ1) is 9.45. The van der Waals surface area contributed by atoms with Crippen molar-refractivity contribution in [3.63, 3.8) is 0 Å². The van der Waals surface area contributed by atoms with Gasteiger partial charge in [-0.3, -0.25) is 14.3 Å². The maximum absolute atomic E-state index is 12.7. The van der Waals surface area contributed by atoms with Gasteiger partial charge < -0.3 is 4.74 Å². The van der Waals surface area contributed by atoms with Gasteiger partial charge in [0.05, 0.1) is 24.2 Å². The van der Waals surface area contributed by atoms with Crippen LogP contribution < -0.4 is 4.74 Å². The van der Waals surface area contributed by atoms with E-state index in [4.69, 9.17) is 4.74 Å². The van der Waals surface area contributed by atoms with Crippen molar-refractivity contribution >= 4 is 16.9 Å². The molecule has 0 saturated heterocycles. The maximum Gasteiger partial charge on any atom is 0.249 e. The highest BCUT2D eigenvalue weighted by Crippen LogP contribution is 2.21. The number of nitrogens with zero attached hydrogens (tertiary/aromatic N) is 3. The predicted molar refractivity (Wildman–Crippen MR) is 79.2 cm³/mol. The largest absolute Gasteiger partial charge is 0.497 e. The van der Waals surface area contributed by atoms with Crippen molar-refractivity contribution in [1.29, 1.82) is 0 Å². The standard InChI is InChI=1S/C15H21N3O2/c1-10(2)14(17(3)4)15(19)18-9-16-12-8-11(20-5)6-7-13(12)18/h6-10,14H,1-5H3/t14-/m1/s1. The molecule has 2 rings (SSSR count). The van der Waals surface area contributed by atoms with E-state index in [9.17, 15) is 4.79 Å². The van der Waals surface area contributed by atoms with Crippen LogP contribution in [-0.4, -0.2) is 47.6 Å². The minimum Gasteiger partial charge on any atom is -0.497 e. The lowest BCUT2D eigenvalue weighted by molar-refractivity contribution is 0.0742. The Bertz CT molecular complexity index is 609. The molecule has 0 saturated carbocycles. The number of ether oxygens (including phenoxy) is 1. The van der Waals surface area contributed by atoms with Gasteiger partial charge in [0.15, 0.2) is 0 Å². The van der Waals surface area contributed by atoms with Crippen molar-refractivity contribution in [3.8, 4) is 5.75 Å². The average Bonchev–Trinajstić information content (AvgIpc) is 2.80. The summed E-state index contributed by atoms with van der Waals surface area (Å²) in [5.74, 6) is 1.01. The number of carbonyl (C=O) groups excluding carboxylic acids is 1. The molecule has 1 aromatic heterocycles. The Hall–Kier alpha value is -1.88. The SMILES string of the molecule is COc1ccc2c(c1)ncn2C(=O)[C@@H](C(C)C)N(C)C. The first-order valence-electron chi connectivity index (χ1n) is 6.67. The van der Waals surface area contributed by atoms with E-state index in [2.05, 4.69) is 4.98 Å². The summed E-state index contributed by atoms with van der Waals surface area (Å²) in [6.07, 6.45) is 1.59. The first kappa shape index (κ1) is 14.5. The van der Waals surface area contributed by atoms with Crippen molar-refractivity contribution in [2.75, 3.05) is 21.2 Å². The molecule has 108 valence electrons. The summed E-state index contributed by atoms with van der Waals surface area (Å²) in [7, 11) is 5.46. The summed E-state index contributed by atoms with van der Waals surface area (Å²) >= 11 is 0. The van der Waals surface area contributed by atoms with E-state index in [1.54, 1.807) is 18.0 Å². The van der Waals surface area contributed by atoms with Crippen LogP contribution in [0.2, 0.25) is 0 Å². The summed E-state index contributed by atoms with van der Waals surface area (Å²) in [6, 6.07) is 5.37. The fourth-order valence-electron chi connectivity index (χ4n) is 2.54. The highest BCUT2D eigenvalue weighted by molar-refractivity contribution is 5.93. The summed E-state index contributed by atoms with van der Waals surface area (Å²) in [6.45, 7) is 4.09. The van der Waals surface area contributed by atoms with Crippen molar-refractivity contribution in [1.82, 2.24) is 14.5 Å². The molecule has 0 radical (unpaired) electrons. The molecule has 5 heteroatoms. The molecule has 2 aromatic rings. The smallest absolute Gasteiger partial charge is 0.249 e. The molecule has 0 amide bonds. The van der Waals surface area contributed by atoms with Crippen LogP contribution in [0.4, 0.5) is 0 Å². The number of rotatable bonds is 4. The second kappa shape index (κ2) is 5.63. The minimum absolute atomic E-state index is 0.0395. The topological polar surface area (TPSA) is 47.4 Å². The van der Waals surface area contributed by atoms with E-state index in [1.807, 2.05) is 51.0 Å². The van der Waals surface area contributed by atoms with Crippen LogP contribution in [0.5, 0.6) is 5.75 Å². The molecule has 1 aromatic carbocycles. The highest BCUT2D eigenvalue weighted by atomic mass is 16.5. The number of benzene rings is 1. The van der Waals surface area contributed by atoms with Gasteiger partial charge in [-0.05, 0) is 32.1 Å². The zero-order chi connectivity index (χ0) is 14.9. The molecule has 0 N–H and O–H groups in total. The molecule has 0 fully saturated rings. The summed E-state index contributed by atoms with van der Waals surface area (Å²) < 4.78 is 6.80. The van der Waals surface area contributed by atoms with Crippen LogP contribution in [0, 0.1) is 5.92 Å². The Morgan fingerprint density at radius 2 is 2.05 bits per heavy atom. The Morgan fingerprint density at radius 3 is 2.60 bits per heavy atom. The van der Waals surface area contributed by atoms with Gasteiger partial charge in [-0.1, -0.05) is 13.8 Å². The molecule has 20 heavy (non-hydrogen) atoms. The predicted octanol–water partition coefficient (Wildman–Crippen LogP) is 2.27. The van der Waals surface area contributed by atoms with Gasteiger partial charge in [0, 0.05) is 6.07 Å². The molecular weight excluding hydrogens is 254 g/mol. The van der Waals surface area contributed by atoms with Crippen LogP contribution in [-0.2, 0) is 0 Å². The average molecular weight is 275 g/mol. The number of hydrogen-bond donors (Lipinski definition) is 0. The summed E-state index contributed by atoms with van der Waals surface area (Å²) in [4.78, 5) is 18.9. The Balaban J connectivity index is 2.44. The summed E-state index contributed by atoms with van der Waals surface area (Å²) in [5.41, 5.74) is 1.57. The van der Waals surface area contributed by atoms with E-state index < -0.39 is 0 Å². The maximum atomic E-state index is 12.7. The number of imidazole rings is 1. The Labute approximate surface area is 119 Å². The lowest BCUT2D eigenvalue weighted by atomic mass is 10.0. The van der Waals surface area contributed by atoms with Gasteiger partial charge >= 0.3 is 0 Å². The minimum atomic E-state index is -0.172. The normalized spacial score (nSPS) is 13.2. The van der Waals surface area contributed by atoms with Crippen LogP contribution in [0.1, 0.15) is 18.6 Å². The second-order valence-electron chi connectivity index (χ2n) is 5.46. The van der Waals surface area contributed by atoms with E-state index in [-0.39, 0.29) is 17.9 Å². The number of methoxy groups -OCH3 is 1. The van der Waals surface area contributed by atoms with Crippen LogP contribution in [0.25, 0.3) is 11.0 Å². The van der Waals surface area contributed by atoms with Gasteiger partial charge in [-0.2, -0.15) is 0 Å². The monoisotopic (exact) mass is 275 g/mol. The van der Waals surface area contributed by atoms with Crippen molar-refractivity contribution in [2.45, 2.75) is 19.9 Å². The third-order valence-corrected chi connectivity index (χ3v) is 3.43. The molecule has 1 heterocycles. The molecule has 0 aliphatic carbocycles. The van der Waals surface area contributed by atoms with E-state index in [0.717, 1.165) is 16.8 Å². The van der Waals surface area contributed by atoms with E-state index in [1.165, 1.54) is 0 Å². The molecule has 5 nitrogen and oxygen atoms in total. The zero-order valence-electron chi connectivity index (χ0n) is 12.6. The van der Waals surface area contributed by atoms with Crippen molar-refractivity contribution in [3.05, 3.63) is 24.5 Å². The fourth-order valence-corrected chi connectivity index (χ4v) is 2.54. The van der Waals surface area contributed by atoms with Gasteiger partial charge in [0.2, 0.25) is 5.91 Å². The van der Waals surface area contributed by atoms with E-state index >= 15 is 0 Å². The lowest BCUT2D eigenvalue weighted by Gasteiger charge is -2.26. The lowest BCUT2D eigenvalue weighted by Crippen LogP contribution is -2.42. The van der Waals surface area contributed by atoms with Gasteiger partial charge in [0.1, 0.15) is 12.1 Å². The molecular formula is C15H21N3O2. The number of aromatic nitrogens is 2. The quantitative estimate of drug-likeness (QED) is 0.859. The molecule has 0 aliphatic heterocycles. The van der Waals surface area contributed by atoms with Crippen molar-refractivity contribution in [2.24, 2.45) is 5.92 Å². The number of fused-ring (bicyclic) bond motifs is 1. The van der Waals surface area contributed by atoms with Crippen LogP contribution >= 0.6 is 0 Å². The number of hydrogen-bond acceptors (Lipinski definition) is 4. The number of likely N-dealkylation sites (N-methyl/N-ethyl adjacent to an activating group) is 1. The molecule has 0 aliphatic rings. The third kappa shape index (κ3) is 2.54.